The van der Waals surface area contributed by atoms with Crippen LogP contribution in [0, 0.1) is 5.92 Å². The molecule has 6 atom stereocenters. The van der Waals surface area contributed by atoms with Gasteiger partial charge in [0.05, 0.1) is 0 Å². The largest absolute Gasteiger partial charge is 0.430 e. The highest BCUT2D eigenvalue weighted by molar-refractivity contribution is 9.09. The van der Waals surface area contributed by atoms with Gasteiger partial charge in [-0.25, -0.2) is 18.4 Å². The topological polar surface area (TPSA) is 102 Å². The van der Waals surface area contributed by atoms with Crippen LogP contribution in [0.5, 0.6) is 0 Å². The van der Waals surface area contributed by atoms with Crippen LogP contribution in [0.3, 0.4) is 0 Å². The summed E-state index contributed by atoms with van der Waals surface area (Å²) in [5.41, 5.74) is -1.67. The molecule has 0 bridgehead atoms. The molecule has 0 aromatic heterocycles. The molecule has 1 heterocycles. The number of likely N-dealkylation sites (tertiary alicyclic amines) is 1. The molecule has 0 radical (unpaired) electrons. The molecule has 1 saturated heterocycles. The molecule has 4 unspecified atom stereocenters. The summed E-state index contributed by atoms with van der Waals surface area (Å²) in [6, 6.07) is -1.21. The number of esters is 2. The van der Waals surface area contributed by atoms with Crippen molar-refractivity contribution in [2.75, 3.05) is 6.54 Å². The molecule has 34 heavy (non-hydrogen) atoms. The first-order chi connectivity index (χ1) is 15.9. The summed E-state index contributed by atoms with van der Waals surface area (Å²) in [5, 5.41) is 2.70. The van der Waals surface area contributed by atoms with E-state index >= 15 is 0 Å². The van der Waals surface area contributed by atoms with Crippen molar-refractivity contribution in [1.29, 1.82) is 0 Å². The molecule has 1 aliphatic rings. The van der Waals surface area contributed by atoms with Crippen molar-refractivity contribution in [3.8, 4) is 0 Å². The van der Waals surface area contributed by atoms with Crippen molar-refractivity contribution in [2.45, 2.75) is 109 Å². The van der Waals surface area contributed by atoms with Gasteiger partial charge < -0.3 is 19.7 Å². The molecular formula is C23H37BrF2N2O6. The molecule has 1 fully saturated rings. The maximum Gasteiger partial charge on any atom is 0.334 e. The fraction of sp³-hybridized carbons (Fsp3) is 0.826. The Bertz CT molecular complexity index is 726. The molecule has 0 aromatic carbocycles. The lowest BCUT2D eigenvalue weighted by atomic mass is 9.83. The predicted molar refractivity (Wildman–Crippen MR) is 125 cm³/mol. The molecule has 196 valence electrons. The standard InChI is InChI=1S/C23H37BrF2N2O6/c1-6-8-19(25)33-21(31)18-10-11-23(28(18)16(5)30,22(32)34-20(26)9-7-2)12-17(14(3)24)13-27-15(4)29/h14,17-20H,6-13H2,1-5H3,(H,27,29)/t14?,17?,18-,19?,20?,23-/m1/s1. The fourth-order valence-corrected chi connectivity index (χ4v) is 4.63. The molecular weight excluding hydrogens is 518 g/mol. The van der Waals surface area contributed by atoms with Crippen molar-refractivity contribution in [3.63, 3.8) is 0 Å². The monoisotopic (exact) mass is 554 g/mol. The van der Waals surface area contributed by atoms with Crippen molar-refractivity contribution >= 4 is 39.7 Å². The summed E-state index contributed by atoms with van der Waals surface area (Å²) in [6.07, 6.45) is -2.79. The molecule has 0 spiro atoms. The minimum atomic E-state index is -1.87. The second-order valence-electron chi connectivity index (χ2n) is 8.79. The molecule has 0 saturated carbocycles. The fourth-order valence-electron chi connectivity index (χ4n) is 4.26. The van der Waals surface area contributed by atoms with E-state index in [9.17, 15) is 28.0 Å². The van der Waals surface area contributed by atoms with Gasteiger partial charge >= 0.3 is 11.9 Å². The van der Waals surface area contributed by atoms with Gasteiger partial charge in [-0.2, -0.15) is 0 Å². The average Bonchev–Trinajstić information content (AvgIpc) is 3.12. The van der Waals surface area contributed by atoms with Gasteiger partial charge in [0, 0.05) is 38.1 Å². The van der Waals surface area contributed by atoms with E-state index in [1.165, 1.54) is 13.8 Å². The van der Waals surface area contributed by atoms with Crippen molar-refractivity contribution in [2.24, 2.45) is 5.92 Å². The third-order valence-corrected chi connectivity index (χ3v) is 6.72. The maximum atomic E-state index is 14.3. The van der Waals surface area contributed by atoms with Crippen molar-refractivity contribution < 1.29 is 37.4 Å². The van der Waals surface area contributed by atoms with Gasteiger partial charge in [-0.3, -0.25) is 9.59 Å². The summed E-state index contributed by atoms with van der Waals surface area (Å²) in [6.45, 7) is 8.00. The minimum absolute atomic E-state index is 0.00501. The zero-order chi connectivity index (χ0) is 26.1. The van der Waals surface area contributed by atoms with Crippen LogP contribution in [0.2, 0.25) is 0 Å². The van der Waals surface area contributed by atoms with Crippen LogP contribution in [-0.2, 0) is 28.7 Å². The molecule has 11 heteroatoms. The Kier molecular flexibility index (Phi) is 12.4. The van der Waals surface area contributed by atoms with Crippen LogP contribution in [0.25, 0.3) is 0 Å². The lowest BCUT2D eigenvalue weighted by Gasteiger charge is -2.40. The number of nitrogens with zero attached hydrogens (tertiary/aromatic N) is 1. The number of rotatable bonds is 13. The summed E-state index contributed by atoms with van der Waals surface area (Å²) in [4.78, 5) is 51.2. The average molecular weight is 555 g/mol. The summed E-state index contributed by atoms with van der Waals surface area (Å²) in [7, 11) is 0. The highest BCUT2D eigenvalue weighted by Crippen LogP contribution is 2.42. The van der Waals surface area contributed by atoms with Gasteiger partial charge in [0.2, 0.25) is 24.5 Å². The lowest BCUT2D eigenvalue weighted by molar-refractivity contribution is -0.181. The number of hydrogen-bond acceptors (Lipinski definition) is 6. The van der Waals surface area contributed by atoms with Gasteiger partial charge in [0.15, 0.2) is 0 Å². The predicted octanol–water partition coefficient (Wildman–Crippen LogP) is 3.94. The molecule has 8 nitrogen and oxygen atoms in total. The van der Waals surface area contributed by atoms with E-state index in [2.05, 4.69) is 21.2 Å². The number of amides is 2. The zero-order valence-corrected chi connectivity index (χ0v) is 22.2. The van der Waals surface area contributed by atoms with Crippen molar-refractivity contribution in [1.82, 2.24) is 10.2 Å². The maximum absolute atomic E-state index is 14.3. The van der Waals surface area contributed by atoms with Gasteiger partial charge in [-0.1, -0.05) is 36.7 Å². The molecule has 2 amide bonds. The number of halogens is 3. The Morgan fingerprint density at radius 1 is 1.09 bits per heavy atom. The third-order valence-electron chi connectivity index (χ3n) is 5.97. The van der Waals surface area contributed by atoms with Crippen LogP contribution >= 0.6 is 15.9 Å². The van der Waals surface area contributed by atoms with Crippen LogP contribution in [0.1, 0.15) is 79.6 Å². The number of nitrogens with one attached hydrogen (secondary N) is 1. The highest BCUT2D eigenvalue weighted by atomic mass is 79.9. The van der Waals surface area contributed by atoms with E-state index < -0.39 is 42.1 Å². The highest BCUT2D eigenvalue weighted by Gasteiger charge is 2.58. The second-order valence-corrected chi connectivity index (χ2v) is 10.2. The number of ether oxygens (including phenoxy) is 2. The van der Waals surface area contributed by atoms with Crippen LogP contribution < -0.4 is 5.32 Å². The Balaban J connectivity index is 3.37. The van der Waals surface area contributed by atoms with Gasteiger partial charge in [0.1, 0.15) is 11.6 Å². The number of hydrogen-bond donors (Lipinski definition) is 1. The van der Waals surface area contributed by atoms with Gasteiger partial charge in [-0.15, -0.1) is 0 Å². The SMILES string of the molecule is CCCC(F)OC(=O)[C@H]1CC[C@@](CC(CNC(C)=O)C(C)Br)(C(=O)OC(F)CCC)N1C(C)=O. The normalized spacial score (nSPS) is 23.5. The quantitative estimate of drug-likeness (QED) is 0.273. The molecule has 0 aliphatic carbocycles. The third kappa shape index (κ3) is 8.16. The van der Waals surface area contributed by atoms with Gasteiger partial charge in [0.25, 0.3) is 0 Å². The summed E-state index contributed by atoms with van der Waals surface area (Å²) < 4.78 is 38.3. The first-order valence-corrected chi connectivity index (χ1v) is 12.7. The number of carbonyl (C=O) groups excluding carboxylic acids is 4. The molecule has 0 aromatic rings. The van der Waals surface area contributed by atoms with E-state index in [-0.39, 0.29) is 55.3 Å². The van der Waals surface area contributed by atoms with Crippen LogP contribution in [-0.4, -0.2) is 64.3 Å². The first kappa shape index (κ1) is 30.3. The smallest absolute Gasteiger partial charge is 0.334 e. The number of alkyl halides is 3. The lowest BCUT2D eigenvalue weighted by Crippen LogP contribution is -2.59. The summed E-state index contributed by atoms with van der Waals surface area (Å²) in [5.74, 6) is -3.19. The second kappa shape index (κ2) is 13.9. The van der Waals surface area contributed by atoms with E-state index in [4.69, 9.17) is 9.47 Å². The van der Waals surface area contributed by atoms with E-state index in [0.717, 1.165) is 4.90 Å². The Hall–Kier alpha value is -1.78. The van der Waals surface area contributed by atoms with E-state index in [1.807, 2.05) is 6.92 Å². The minimum Gasteiger partial charge on any atom is -0.430 e. The van der Waals surface area contributed by atoms with E-state index in [0.29, 0.717) is 12.8 Å². The molecule has 1 aliphatic heterocycles. The van der Waals surface area contributed by atoms with Crippen LogP contribution in [0.15, 0.2) is 0 Å². The molecule has 1 rings (SSSR count). The molecule has 1 N–H and O–H groups in total. The van der Waals surface area contributed by atoms with Crippen LogP contribution in [0.4, 0.5) is 8.78 Å². The van der Waals surface area contributed by atoms with Crippen molar-refractivity contribution in [3.05, 3.63) is 0 Å². The van der Waals surface area contributed by atoms with Gasteiger partial charge in [-0.05, 0) is 38.0 Å². The Morgan fingerprint density at radius 2 is 1.65 bits per heavy atom. The summed E-state index contributed by atoms with van der Waals surface area (Å²) >= 11 is 3.48. The Labute approximate surface area is 208 Å². The zero-order valence-electron chi connectivity index (χ0n) is 20.6. The Morgan fingerprint density at radius 3 is 2.12 bits per heavy atom. The number of carbonyl (C=O) groups is 4. The first-order valence-electron chi connectivity index (χ1n) is 11.8. The van der Waals surface area contributed by atoms with E-state index in [1.54, 1.807) is 13.8 Å².